The molecule has 2 fully saturated rings. The van der Waals surface area contributed by atoms with Crippen molar-refractivity contribution in [1.29, 1.82) is 0 Å². The molecule has 6 nitrogen and oxygen atoms in total. The highest BCUT2D eigenvalue weighted by Gasteiger charge is 2.34. The number of benzene rings is 1. The summed E-state index contributed by atoms with van der Waals surface area (Å²) in [4.78, 5) is 29.0. The smallest absolute Gasteiger partial charge is 0.243 e. The number of piperidine rings is 1. The molecule has 2 atom stereocenters. The Morgan fingerprint density at radius 3 is 2.77 bits per heavy atom. The maximum Gasteiger partial charge on any atom is 0.243 e. The molecule has 0 aromatic heterocycles. The molecule has 1 aromatic rings. The van der Waals surface area contributed by atoms with Gasteiger partial charge in [-0.25, -0.2) is 0 Å². The zero-order valence-corrected chi connectivity index (χ0v) is 15.7. The third-order valence-corrected chi connectivity index (χ3v) is 5.39. The lowest BCUT2D eigenvalue weighted by molar-refractivity contribution is -0.142. The molecule has 2 aliphatic heterocycles. The first-order valence-electron chi connectivity index (χ1n) is 9.61. The van der Waals surface area contributed by atoms with E-state index in [-0.39, 0.29) is 23.9 Å². The van der Waals surface area contributed by atoms with Crippen LogP contribution in [0.5, 0.6) is 5.75 Å². The molecule has 0 aliphatic carbocycles. The van der Waals surface area contributed by atoms with Gasteiger partial charge in [-0.3, -0.25) is 9.59 Å². The third kappa shape index (κ3) is 3.94. The fraction of sp³-hybridized carbons (Fsp3) is 0.600. The fourth-order valence-corrected chi connectivity index (χ4v) is 3.99. The van der Waals surface area contributed by atoms with Crippen LogP contribution >= 0.6 is 0 Å². The number of ether oxygens (including phenoxy) is 1. The predicted molar refractivity (Wildman–Crippen MR) is 101 cm³/mol. The van der Waals surface area contributed by atoms with Gasteiger partial charge in [-0.15, -0.1) is 0 Å². The highest BCUT2D eigenvalue weighted by molar-refractivity contribution is 5.88. The molecule has 2 unspecified atom stereocenters. The standard InChI is InChI=1S/C20H29N3O3/c1-3-19(24)23-12-7-6-9-17(23)20(25)21-15-11-13-22(14-15)16-8-4-5-10-18(16)26-2/h4-5,8,10,15,17H,3,6-7,9,11-14H2,1-2H3,(H,21,25). The van der Waals surface area contributed by atoms with Crippen LogP contribution < -0.4 is 15.0 Å². The van der Waals surface area contributed by atoms with Crippen molar-refractivity contribution >= 4 is 17.5 Å². The van der Waals surface area contributed by atoms with Gasteiger partial charge in [0.1, 0.15) is 11.8 Å². The first-order chi connectivity index (χ1) is 12.6. The van der Waals surface area contributed by atoms with Crippen LogP contribution in [-0.2, 0) is 9.59 Å². The van der Waals surface area contributed by atoms with Crippen LogP contribution in [0, 0.1) is 0 Å². The molecular formula is C20H29N3O3. The van der Waals surface area contributed by atoms with Gasteiger partial charge in [0.15, 0.2) is 0 Å². The van der Waals surface area contributed by atoms with E-state index in [9.17, 15) is 9.59 Å². The molecule has 26 heavy (non-hydrogen) atoms. The molecule has 2 saturated heterocycles. The lowest BCUT2D eigenvalue weighted by Crippen LogP contribution is -2.54. The van der Waals surface area contributed by atoms with Crippen molar-refractivity contribution in [3.05, 3.63) is 24.3 Å². The van der Waals surface area contributed by atoms with Crippen molar-refractivity contribution in [1.82, 2.24) is 10.2 Å². The predicted octanol–water partition coefficient (Wildman–Crippen LogP) is 2.18. The molecule has 3 rings (SSSR count). The van der Waals surface area contributed by atoms with Crippen molar-refractivity contribution in [3.63, 3.8) is 0 Å². The Balaban J connectivity index is 1.61. The van der Waals surface area contributed by atoms with E-state index >= 15 is 0 Å². The van der Waals surface area contributed by atoms with Crippen LogP contribution in [-0.4, -0.2) is 55.5 Å². The van der Waals surface area contributed by atoms with Crippen molar-refractivity contribution in [2.24, 2.45) is 0 Å². The van der Waals surface area contributed by atoms with Crippen LogP contribution in [0.3, 0.4) is 0 Å². The Bertz CT molecular complexity index is 649. The first-order valence-corrected chi connectivity index (χ1v) is 9.61. The monoisotopic (exact) mass is 359 g/mol. The van der Waals surface area contributed by atoms with Gasteiger partial charge in [0.2, 0.25) is 11.8 Å². The number of methoxy groups -OCH3 is 1. The molecule has 0 saturated carbocycles. The number of para-hydroxylation sites is 2. The van der Waals surface area contributed by atoms with E-state index in [0.717, 1.165) is 50.2 Å². The van der Waals surface area contributed by atoms with Crippen LogP contribution in [0.4, 0.5) is 5.69 Å². The lowest BCUT2D eigenvalue weighted by atomic mass is 10.0. The SMILES string of the molecule is CCC(=O)N1CCCCC1C(=O)NC1CCN(c2ccccc2OC)C1. The summed E-state index contributed by atoms with van der Waals surface area (Å²) in [5.41, 5.74) is 1.06. The molecule has 2 aliphatic rings. The Hall–Kier alpha value is -2.24. The second kappa shape index (κ2) is 8.43. The van der Waals surface area contributed by atoms with Gasteiger partial charge in [-0.1, -0.05) is 19.1 Å². The van der Waals surface area contributed by atoms with Crippen molar-refractivity contribution in [2.45, 2.75) is 51.1 Å². The molecule has 0 spiro atoms. The average Bonchev–Trinajstić information content (AvgIpc) is 3.15. The Morgan fingerprint density at radius 1 is 1.19 bits per heavy atom. The van der Waals surface area contributed by atoms with E-state index in [0.29, 0.717) is 13.0 Å². The summed E-state index contributed by atoms with van der Waals surface area (Å²) in [6.45, 7) is 4.20. The molecule has 1 aromatic carbocycles. The van der Waals surface area contributed by atoms with Crippen LogP contribution in [0.25, 0.3) is 0 Å². The minimum absolute atomic E-state index is 0.00150. The fourth-order valence-electron chi connectivity index (χ4n) is 3.99. The number of hydrogen-bond donors (Lipinski definition) is 1. The van der Waals surface area contributed by atoms with E-state index in [1.165, 1.54) is 0 Å². The topological polar surface area (TPSA) is 61.9 Å². The number of hydrogen-bond acceptors (Lipinski definition) is 4. The van der Waals surface area contributed by atoms with Gasteiger partial charge in [-0.2, -0.15) is 0 Å². The highest BCUT2D eigenvalue weighted by atomic mass is 16.5. The van der Waals surface area contributed by atoms with Crippen LogP contribution in [0.2, 0.25) is 0 Å². The normalized spacial score (nSPS) is 23.0. The molecule has 142 valence electrons. The molecule has 6 heteroatoms. The number of anilines is 1. The minimum atomic E-state index is -0.309. The Kier molecular flexibility index (Phi) is 6.01. The molecule has 2 amide bonds. The number of carbonyl (C=O) groups is 2. The van der Waals surface area contributed by atoms with Crippen molar-refractivity contribution in [2.75, 3.05) is 31.6 Å². The van der Waals surface area contributed by atoms with E-state index in [2.05, 4.69) is 10.2 Å². The summed E-state index contributed by atoms with van der Waals surface area (Å²) in [6.07, 6.45) is 4.11. The maximum atomic E-state index is 12.8. The van der Waals surface area contributed by atoms with Crippen molar-refractivity contribution in [3.8, 4) is 5.75 Å². The Morgan fingerprint density at radius 2 is 2.00 bits per heavy atom. The van der Waals surface area contributed by atoms with Gasteiger partial charge in [0.25, 0.3) is 0 Å². The Labute approximate surface area is 155 Å². The van der Waals surface area contributed by atoms with Gasteiger partial charge in [0.05, 0.1) is 12.8 Å². The number of amides is 2. The van der Waals surface area contributed by atoms with E-state index in [1.54, 1.807) is 12.0 Å². The summed E-state index contributed by atoms with van der Waals surface area (Å²) in [6, 6.07) is 7.76. The lowest BCUT2D eigenvalue weighted by Gasteiger charge is -2.35. The van der Waals surface area contributed by atoms with Crippen molar-refractivity contribution < 1.29 is 14.3 Å². The third-order valence-electron chi connectivity index (χ3n) is 5.39. The van der Waals surface area contributed by atoms with Crippen LogP contribution in [0.15, 0.2) is 24.3 Å². The second-order valence-corrected chi connectivity index (χ2v) is 7.06. The van der Waals surface area contributed by atoms with Gasteiger partial charge in [-0.05, 0) is 37.8 Å². The number of nitrogens with zero attached hydrogens (tertiary/aromatic N) is 2. The molecular weight excluding hydrogens is 330 g/mol. The van der Waals surface area contributed by atoms with Gasteiger partial charge >= 0.3 is 0 Å². The number of carbonyl (C=O) groups excluding carboxylic acids is 2. The quantitative estimate of drug-likeness (QED) is 0.875. The number of likely N-dealkylation sites (tertiary alicyclic amines) is 1. The maximum absolute atomic E-state index is 12.8. The molecule has 0 bridgehead atoms. The zero-order valence-electron chi connectivity index (χ0n) is 15.7. The summed E-state index contributed by atoms with van der Waals surface area (Å²) >= 11 is 0. The van der Waals surface area contributed by atoms with Crippen LogP contribution in [0.1, 0.15) is 39.0 Å². The number of rotatable bonds is 5. The highest BCUT2D eigenvalue weighted by Crippen LogP contribution is 2.30. The van der Waals surface area contributed by atoms with E-state index < -0.39 is 0 Å². The zero-order chi connectivity index (χ0) is 18.5. The number of nitrogens with one attached hydrogen (secondary N) is 1. The molecule has 2 heterocycles. The van der Waals surface area contributed by atoms with Gasteiger partial charge in [0, 0.05) is 32.1 Å². The second-order valence-electron chi connectivity index (χ2n) is 7.06. The summed E-state index contributed by atoms with van der Waals surface area (Å²) in [5.74, 6) is 0.928. The first kappa shape index (κ1) is 18.5. The van der Waals surface area contributed by atoms with Gasteiger partial charge < -0.3 is 19.9 Å². The molecule has 0 radical (unpaired) electrons. The summed E-state index contributed by atoms with van der Waals surface area (Å²) in [7, 11) is 1.68. The van der Waals surface area contributed by atoms with E-state index in [4.69, 9.17) is 4.74 Å². The van der Waals surface area contributed by atoms with E-state index in [1.807, 2.05) is 31.2 Å². The molecule has 1 N–H and O–H groups in total. The minimum Gasteiger partial charge on any atom is -0.495 e. The summed E-state index contributed by atoms with van der Waals surface area (Å²) in [5, 5.41) is 3.18. The summed E-state index contributed by atoms with van der Waals surface area (Å²) < 4.78 is 5.45. The largest absolute Gasteiger partial charge is 0.495 e. The average molecular weight is 359 g/mol.